The minimum Gasteiger partial charge on any atom is -0.394 e. The zero-order chi connectivity index (χ0) is 12.0. The van der Waals surface area contributed by atoms with Gasteiger partial charge in [-0.05, 0) is 12.8 Å². The predicted octanol–water partition coefficient (Wildman–Crippen LogP) is -0.239. The van der Waals surface area contributed by atoms with Crippen molar-refractivity contribution in [3.8, 4) is 0 Å². The molecule has 0 spiro atoms. The van der Waals surface area contributed by atoms with Crippen LogP contribution in [-0.2, 0) is 12.8 Å². The zero-order valence-corrected chi connectivity index (χ0v) is 9.64. The predicted molar refractivity (Wildman–Crippen MR) is 60.2 cm³/mol. The molecule has 6 nitrogen and oxygen atoms in total. The Morgan fingerprint density at radius 2 is 1.88 bits per heavy atom. The van der Waals surface area contributed by atoms with Crippen LogP contribution in [-0.4, -0.2) is 44.7 Å². The maximum atomic E-state index is 9.16. The van der Waals surface area contributed by atoms with Crippen molar-refractivity contribution >= 4 is 5.95 Å². The molecular weight excluding hydrogens is 208 g/mol. The molecule has 0 bridgehead atoms. The van der Waals surface area contributed by atoms with Gasteiger partial charge in [-0.15, -0.1) is 5.10 Å². The van der Waals surface area contributed by atoms with Crippen molar-refractivity contribution in [2.24, 2.45) is 0 Å². The van der Waals surface area contributed by atoms with Crippen LogP contribution < -0.4 is 5.32 Å². The van der Waals surface area contributed by atoms with Gasteiger partial charge in [-0.25, -0.2) is 4.98 Å². The van der Waals surface area contributed by atoms with Crippen LogP contribution in [0.25, 0.3) is 0 Å². The van der Waals surface area contributed by atoms with Crippen LogP contribution in [0.3, 0.4) is 0 Å². The summed E-state index contributed by atoms with van der Waals surface area (Å²) in [5.74, 6) is 0.390. The van der Waals surface area contributed by atoms with E-state index in [-0.39, 0.29) is 13.2 Å². The number of rotatable bonds is 6. The minimum absolute atomic E-state index is 0.215. The largest absolute Gasteiger partial charge is 0.394 e. The molecule has 1 aromatic heterocycles. The van der Waals surface area contributed by atoms with Gasteiger partial charge in [-0.3, -0.25) is 0 Å². The van der Waals surface area contributed by atoms with Crippen LogP contribution in [0, 0.1) is 0 Å². The Balaban J connectivity index is 2.67. The van der Waals surface area contributed by atoms with Gasteiger partial charge in [0, 0.05) is 6.54 Å². The van der Waals surface area contributed by atoms with Crippen molar-refractivity contribution in [3.63, 3.8) is 0 Å². The van der Waals surface area contributed by atoms with E-state index < -0.39 is 6.10 Å². The van der Waals surface area contributed by atoms with E-state index in [2.05, 4.69) is 20.5 Å². The average molecular weight is 226 g/mol. The van der Waals surface area contributed by atoms with Crippen LogP contribution in [0.4, 0.5) is 5.95 Å². The Morgan fingerprint density at radius 1 is 1.19 bits per heavy atom. The third-order valence-corrected chi connectivity index (χ3v) is 2.22. The third-order valence-electron chi connectivity index (χ3n) is 2.22. The molecule has 0 aliphatic rings. The maximum Gasteiger partial charge on any atom is 0.243 e. The maximum absolute atomic E-state index is 9.16. The Kier molecular flexibility index (Phi) is 5.07. The van der Waals surface area contributed by atoms with Gasteiger partial charge < -0.3 is 15.5 Å². The molecule has 3 N–H and O–H groups in total. The molecule has 0 aromatic carbocycles. The Labute approximate surface area is 94.8 Å². The van der Waals surface area contributed by atoms with Crippen molar-refractivity contribution in [1.29, 1.82) is 0 Å². The fraction of sp³-hybridized carbons (Fsp3) is 0.700. The lowest BCUT2D eigenvalue weighted by Crippen LogP contribution is -2.24. The summed E-state index contributed by atoms with van der Waals surface area (Å²) in [5.41, 5.74) is 1.81. The van der Waals surface area contributed by atoms with Crippen LogP contribution in [0.5, 0.6) is 0 Å². The van der Waals surface area contributed by atoms with Crippen molar-refractivity contribution in [3.05, 3.63) is 11.4 Å². The third kappa shape index (κ3) is 3.39. The molecule has 1 unspecified atom stereocenters. The molecule has 0 amide bonds. The lowest BCUT2D eigenvalue weighted by molar-refractivity contribution is 0.105. The lowest BCUT2D eigenvalue weighted by atomic mass is 10.2. The number of hydrogen-bond acceptors (Lipinski definition) is 6. The molecule has 90 valence electrons. The van der Waals surface area contributed by atoms with Gasteiger partial charge in [0.25, 0.3) is 0 Å². The number of anilines is 1. The first kappa shape index (κ1) is 12.8. The fourth-order valence-corrected chi connectivity index (χ4v) is 1.29. The van der Waals surface area contributed by atoms with E-state index in [1.54, 1.807) is 0 Å². The van der Waals surface area contributed by atoms with Crippen molar-refractivity contribution < 1.29 is 10.2 Å². The molecule has 0 saturated heterocycles. The SMILES string of the molecule is CCc1nnc(NCC(O)CO)nc1CC. The van der Waals surface area contributed by atoms with Crippen LogP contribution in [0.2, 0.25) is 0 Å². The number of nitrogens with zero attached hydrogens (tertiary/aromatic N) is 3. The van der Waals surface area contributed by atoms with Gasteiger partial charge in [-0.1, -0.05) is 13.8 Å². The molecule has 0 aliphatic carbocycles. The van der Waals surface area contributed by atoms with Gasteiger partial charge >= 0.3 is 0 Å². The summed E-state index contributed by atoms with van der Waals surface area (Å²) in [6.45, 7) is 3.95. The monoisotopic (exact) mass is 226 g/mol. The number of aryl methyl sites for hydroxylation is 2. The van der Waals surface area contributed by atoms with Crippen LogP contribution >= 0.6 is 0 Å². The normalized spacial score (nSPS) is 12.5. The van der Waals surface area contributed by atoms with Gasteiger partial charge in [0.05, 0.1) is 24.1 Å². The first-order valence-corrected chi connectivity index (χ1v) is 5.46. The summed E-state index contributed by atoms with van der Waals surface area (Å²) in [6.07, 6.45) is 0.804. The minimum atomic E-state index is -0.806. The second-order valence-corrected chi connectivity index (χ2v) is 3.45. The van der Waals surface area contributed by atoms with Gasteiger partial charge in [0.1, 0.15) is 0 Å². The number of hydrogen-bond donors (Lipinski definition) is 3. The second-order valence-electron chi connectivity index (χ2n) is 3.45. The molecule has 1 aromatic rings. The summed E-state index contributed by atoms with van der Waals surface area (Å²) in [7, 11) is 0. The zero-order valence-electron chi connectivity index (χ0n) is 9.64. The molecule has 1 rings (SSSR count). The molecular formula is C10H18N4O2. The number of aliphatic hydroxyl groups is 2. The van der Waals surface area contributed by atoms with E-state index >= 15 is 0 Å². The number of aromatic nitrogens is 3. The standard InChI is InChI=1S/C10H18N4O2/c1-3-8-9(4-2)13-14-10(12-8)11-5-7(16)6-15/h7,15-16H,3-6H2,1-2H3,(H,11,12,14). The fourth-order valence-electron chi connectivity index (χ4n) is 1.29. The summed E-state index contributed by atoms with van der Waals surface area (Å²) in [6, 6.07) is 0. The first-order valence-electron chi connectivity index (χ1n) is 5.46. The van der Waals surface area contributed by atoms with Gasteiger partial charge in [0.15, 0.2) is 0 Å². The van der Waals surface area contributed by atoms with E-state index in [9.17, 15) is 0 Å². The topological polar surface area (TPSA) is 91.2 Å². The molecule has 6 heteroatoms. The van der Waals surface area contributed by atoms with E-state index in [4.69, 9.17) is 10.2 Å². The quantitative estimate of drug-likeness (QED) is 0.620. The molecule has 0 fully saturated rings. The van der Waals surface area contributed by atoms with Gasteiger partial charge in [-0.2, -0.15) is 5.10 Å². The highest BCUT2D eigenvalue weighted by molar-refractivity contribution is 5.25. The Bertz CT molecular complexity index is 333. The summed E-state index contributed by atoms with van der Waals surface area (Å²) in [5, 5.41) is 28.6. The average Bonchev–Trinajstić information content (AvgIpc) is 2.35. The Hall–Kier alpha value is -1.27. The first-order chi connectivity index (χ1) is 7.71. The van der Waals surface area contributed by atoms with E-state index in [1.807, 2.05) is 13.8 Å². The molecule has 1 atom stereocenters. The molecule has 0 saturated carbocycles. The van der Waals surface area contributed by atoms with E-state index in [0.717, 1.165) is 24.2 Å². The highest BCUT2D eigenvalue weighted by atomic mass is 16.3. The molecule has 0 radical (unpaired) electrons. The van der Waals surface area contributed by atoms with E-state index in [1.165, 1.54) is 0 Å². The van der Waals surface area contributed by atoms with Crippen LogP contribution in [0.1, 0.15) is 25.2 Å². The number of nitrogens with one attached hydrogen (secondary N) is 1. The van der Waals surface area contributed by atoms with Crippen molar-refractivity contribution in [1.82, 2.24) is 15.2 Å². The summed E-state index contributed by atoms with van der Waals surface area (Å²) >= 11 is 0. The highest BCUT2D eigenvalue weighted by Gasteiger charge is 2.07. The van der Waals surface area contributed by atoms with E-state index in [0.29, 0.717) is 5.95 Å². The lowest BCUT2D eigenvalue weighted by Gasteiger charge is -2.10. The van der Waals surface area contributed by atoms with Crippen molar-refractivity contribution in [2.75, 3.05) is 18.5 Å². The van der Waals surface area contributed by atoms with Crippen molar-refractivity contribution in [2.45, 2.75) is 32.8 Å². The summed E-state index contributed by atoms with van der Waals surface area (Å²) < 4.78 is 0. The molecule has 1 heterocycles. The second kappa shape index (κ2) is 6.34. The summed E-state index contributed by atoms with van der Waals surface area (Å²) in [4.78, 5) is 4.29. The van der Waals surface area contributed by atoms with Crippen LogP contribution in [0.15, 0.2) is 0 Å². The van der Waals surface area contributed by atoms with Gasteiger partial charge in [0.2, 0.25) is 5.95 Å². The molecule has 0 aliphatic heterocycles. The molecule has 16 heavy (non-hydrogen) atoms. The smallest absolute Gasteiger partial charge is 0.243 e. The highest BCUT2D eigenvalue weighted by Crippen LogP contribution is 2.06. The number of aliphatic hydroxyl groups excluding tert-OH is 2. The Morgan fingerprint density at radius 3 is 2.44 bits per heavy atom.